The van der Waals surface area contributed by atoms with Gasteiger partial charge in [0.2, 0.25) is 0 Å². The zero-order chi connectivity index (χ0) is 64.7. The predicted molar refractivity (Wildman–Crippen MR) is 372 cm³/mol. The first-order chi connectivity index (χ1) is 43.7. The molecule has 2 unspecified atom stereocenters. The highest BCUT2D eigenvalue weighted by Crippen LogP contribution is 2.18. The van der Waals surface area contributed by atoms with E-state index in [0.717, 1.165) is 154 Å². The van der Waals surface area contributed by atoms with Crippen molar-refractivity contribution >= 4 is 29.8 Å². The Hall–Kier alpha value is -3.47. The number of carbonyl (C=O) groups excluding carboxylic acids is 5. The molecule has 0 saturated heterocycles. The lowest BCUT2D eigenvalue weighted by atomic mass is 10.0. The summed E-state index contributed by atoms with van der Waals surface area (Å²) in [7, 11) is 0. The molecule has 89 heavy (non-hydrogen) atoms. The number of ether oxygens (including phenoxy) is 5. The number of hydrogen-bond acceptors (Lipinski definition) is 11. The minimum atomic E-state index is -1.01. The number of hydrogen-bond donors (Lipinski definition) is 1. The van der Waals surface area contributed by atoms with Gasteiger partial charge in [0.15, 0.2) is 6.10 Å². The number of rotatable bonds is 71. The highest BCUT2D eigenvalue weighted by Gasteiger charge is 2.20. The normalized spacial score (nSPS) is 12.4. The van der Waals surface area contributed by atoms with Crippen LogP contribution in [0, 0.1) is 0 Å². The minimum absolute atomic E-state index is 0.106. The number of allylic oxidation sites excluding steroid dienone is 6. The average Bonchev–Trinajstić information content (AvgIpc) is 3.60. The summed E-state index contributed by atoms with van der Waals surface area (Å²) in [6.45, 7) is 6.25. The Morgan fingerprint density at radius 1 is 0.247 bits per heavy atom. The Bertz CT molecular complexity index is 1640. The molecular formula is C78H142O11. The van der Waals surface area contributed by atoms with Gasteiger partial charge in [-0.3, -0.25) is 24.0 Å². The molecule has 0 bridgehead atoms. The number of carbonyl (C=O) groups is 5. The molecule has 0 aromatic carbocycles. The van der Waals surface area contributed by atoms with Gasteiger partial charge in [-0.25, -0.2) is 0 Å². The molecule has 0 amide bonds. The molecule has 0 aliphatic rings. The number of unbranched alkanes of at least 4 members (excludes halogenated alkanes) is 46. The largest absolute Gasteiger partial charge is 0.463 e. The summed E-state index contributed by atoms with van der Waals surface area (Å²) >= 11 is 0. The molecule has 520 valence electrons. The van der Waals surface area contributed by atoms with Crippen LogP contribution in [0.5, 0.6) is 0 Å². The molecular weight excluding hydrogens is 1110 g/mol. The molecule has 0 aromatic rings. The maximum absolute atomic E-state index is 13.0. The standard InChI is InChI=1S/C78H142O11/c1-4-7-10-13-16-19-22-25-28-33-38-43-48-53-58-63-74(80)85-68-72(79)69-86-75(81)64-59-54-49-44-39-36-31-32-37-42-47-52-57-62-67-78(84)89-73(70-87-76(82)65-60-55-50-45-40-34-29-26-23-20-17-14-11-8-5-2)71-88-77(83)66-61-56-51-46-41-35-30-27-24-21-18-15-12-9-6-3/h25-26,28-29,31-32,72-73,79H,4-24,27,30,33-71H2,1-3H3. The van der Waals surface area contributed by atoms with Crippen molar-refractivity contribution in [3.8, 4) is 0 Å². The lowest BCUT2D eigenvalue weighted by molar-refractivity contribution is -0.167. The second kappa shape index (κ2) is 72.0. The zero-order valence-electron chi connectivity index (χ0n) is 58.5. The van der Waals surface area contributed by atoms with Crippen molar-refractivity contribution in [2.24, 2.45) is 0 Å². The Morgan fingerprint density at radius 3 is 0.652 bits per heavy atom. The molecule has 1 N–H and O–H groups in total. The third kappa shape index (κ3) is 70.3. The summed E-state index contributed by atoms with van der Waals surface area (Å²) in [4.78, 5) is 62.7. The van der Waals surface area contributed by atoms with Crippen LogP contribution in [-0.2, 0) is 47.7 Å². The van der Waals surface area contributed by atoms with Gasteiger partial charge in [-0.2, -0.15) is 0 Å². The second-order valence-electron chi connectivity index (χ2n) is 26.0. The summed E-state index contributed by atoms with van der Waals surface area (Å²) in [6.07, 6.45) is 75.6. The molecule has 0 spiro atoms. The van der Waals surface area contributed by atoms with Crippen LogP contribution in [0.1, 0.15) is 393 Å². The van der Waals surface area contributed by atoms with Crippen molar-refractivity contribution in [1.29, 1.82) is 0 Å². The summed E-state index contributed by atoms with van der Waals surface area (Å²) < 4.78 is 27.3. The first-order valence-corrected chi connectivity index (χ1v) is 38.2. The maximum Gasteiger partial charge on any atom is 0.306 e. The van der Waals surface area contributed by atoms with Crippen LogP contribution in [0.2, 0.25) is 0 Å². The fourth-order valence-electron chi connectivity index (χ4n) is 11.1. The molecule has 2 atom stereocenters. The van der Waals surface area contributed by atoms with E-state index >= 15 is 0 Å². The third-order valence-electron chi connectivity index (χ3n) is 17.0. The van der Waals surface area contributed by atoms with Gasteiger partial charge in [-0.1, -0.05) is 288 Å². The van der Waals surface area contributed by atoms with Gasteiger partial charge >= 0.3 is 29.8 Å². The van der Waals surface area contributed by atoms with Crippen molar-refractivity contribution < 1.29 is 52.8 Å². The van der Waals surface area contributed by atoms with Crippen molar-refractivity contribution in [2.75, 3.05) is 26.4 Å². The minimum Gasteiger partial charge on any atom is -0.463 e. The van der Waals surface area contributed by atoms with E-state index in [1.54, 1.807) is 0 Å². The fourth-order valence-corrected chi connectivity index (χ4v) is 11.1. The van der Waals surface area contributed by atoms with E-state index < -0.39 is 12.2 Å². The second-order valence-corrected chi connectivity index (χ2v) is 26.0. The van der Waals surface area contributed by atoms with Crippen LogP contribution in [0.25, 0.3) is 0 Å². The zero-order valence-corrected chi connectivity index (χ0v) is 58.5. The average molecular weight is 1260 g/mol. The summed E-state index contributed by atoms with van der Waals surface area (Å²) in [5, 5.41) is 10.2. The first-order valence-electron chi connectivity index (χ1n) is 38.2. The summed E-state index contributed by atoms with van der Waals surface area (Å²) in [6, 6.07) is 0. The van der Waals surface area contributed by atoms with Gasteiger partial charge < -0.3 is 28.8 Å². The van der Waals surface area contributed by atoms with Crippen LogP contribution < -0.4 is 0 Å². The number of esters is 5. The summed E-state index contributed by atoms with van der Waals surface area (Å²) in [5.74, 6) is -1.60. The smallest absolute Gasteiger partial charge is 0.306 e. The van der Waals surface area contributed by atoms with E-state index in [9.17, 15) is 29.1 Å². The Balaban J connectivity index is 4.22. The maximum atomic E-state index is 13.0. The molecule has 0 saturated carbocycles. The lowest BCUT2D eigenvalue weighted by Gasteiger charge is -2.18. The van der Waals surface area contributed by atoms with Gasteiger partial charge in [0.05, 0.1) is 0 Å². The molecule has 11 nitrogen and oxygen atoms in total. The van der Waals surface area contributed by atoms with Crippen molar-refractivity contribution in [3.63, 3.8) is 0 Å². The molecule has 0 fully saturated rings. The molecule has 0 aromatic heterocycles. The lowest BCUT2D eigenvalue weighted by Crippen LogP contribution is -2.30. The Labute approximate surface area is 548 Å². The number of aliphatic hydroxyl groups is 1. The van der Waals surface area contributed by atoms with Gasteiger partial charge in [0.1, 0.15) is 32.5 Å². The third-order valence-corrected chi connectivity index (χ3v) is 17.0. The Morgan fingerprint density at radius 2 is 0.427 bits per heavy atom. The quantitative estimate of drug-likeness (QED) is 0.0268. The van der Waals surface area contributed by atoms with Crippen LogP contribution in [-0.4, -0.2) is 73.6 Å². The highest BCUT2D eigenvalue weighted by atomic mass is 16.6. The van der Waals surface area contributed by atoms with Gasteiger partial charge in [-0.15, -0.1) is 0 Å². The number of aliphatic hydroxyl groups excluding tert-OH is 1. The van der Waals surface area contributed by atoms with E-state index in [-0.39, 0.29) is 62.7 Å². The van der Waals surface area contributed by atoms with Crippen molar-refractivity contribution in [3.05, 3.63) is 36.5 Å². The molecule has 0 aliphatic carbocycles. The monoisotopic (exact) mass is 1260 g/mol. The van der Waals surface area contributed by atoms with Crippen molar-refractivity contribution in [1.82, 2.24) is 0 Å². The SMILES string of the molecule is CCCCCCCCC=CCCCCCCCC(=O)OCC(O)COC(=O)CCCCCCCC=CCCCCCCCC(=O)OC(COC(=O)CCCCCCCC=CCCCCCCCC)COC(=O)CCCCCCCCCCCCCCCCC. The van der Waals surface area contributed by atoms with E-state index in [0.29, 0.717) is 25.7 Å². The van der Waals surface area contributed by atoms with Crippen LogP contribution in [0.3, 0.4) is 0 Å². The topological polar surface area (TPSA) is 152 Å². The fraction of sp³-hybridized carbons (Fsp3) is 0.859. The van der Waals surface area contributed by atoms with E-state index in [1.165, 1.54) is 186 Å². The van der Waals surface area contributed by atoms with Crippen LogP contribution in [0.4, 0.5) is 0 Å². The molecule has 11 heteroatoms. The van der Waals surface area contributed by atoms with Gasteiger partial charge in [0.25, 0.3) is 0 Å². The molecule has 0 rings (SSSR count). The molecule has 0 radical (unpaired) electrons. The molecule has 0 aliphatic heterocycles. The van der Waals surface area contributed by atoms with E-state index in [4.69, 9.17) is 23.7 Å². The van der Waals surface area contributed by atoms with E-state index in [2.05, 4.69) is 57.2 Å². The Kier molecular flexibility index (Phi) is 69.2. The van der Waals surface area contributed by atoms with E-state index in [1.807, 2.05) is 0 Å². The van der Waals surface area contributed by atoms with Crippen molar-refractivity contribution in [2.45, 2.75) is 405 Å². The molecule has 0 heterocycles. The first kappa shape index (κ1) is 85.5. The highest BCUT2D eigenvalue weighted by molar-refractivity contribution is 5.71. The summed E-state index contributed by atoms with van der Waals surface area (Å²) in [5.41, 5.74) is 0. The predicted octanol–water partition coefficient (Wildman–Crippen LogP) is 22.8. The van der Waals surface area contributed by atoms with Crippen LogP contribution >= 0.6 is 0 Å². The van der Waals surface area contributed by atoms with Crippen LogP contribution in [0.15, 0.2) is 36.5 Å². The van der Waals surface area contributed by atoms with Gasteiger partial charge in [0, 0.05) is 32.1 Å². The van der Waals surface area contributed by atoms with Gasteiger partial charge in [-0.05, 0) is 109 Å².